The fraction of sp³-hybridized carbons (Fsp3) is 0.0714. The van der Waals surface area contributed by atoms with Crippen molar-refractivity contribution in [3.05, 3.63) is 70.0 Å². The first-order valence-electron chi connectivity index (χ1n) is 5.14. The Kier molecular flexibility index (Phi) is 3.25. The van der Waals surface area contributed by atoms with Crippen LogP contribution in [0.2, 0.25) is 5.02 Å². The zero-order valence-corrected chi connectivity index (χ0v) is 9.96. The molecule has 0 heterocycles. The molecule has 0 bridgehead atoms. The van der Waals surface area contributed by atoms with Gasteiger partial charge < -0.3 is 0 Å². The van der Waals surface area contributed by atoms with Crippen molar-refractivity contribution in [1.29, 1.82) is 0 Å². The van der Waals surface area contributed by atoms with E-state index in [4.69, 9.17) is 11.6 Å². The third-order valence-electron chi connectivity index (χ3n) is 2.39. The van der Waals surface area contributed by atoms with Gasteiger partial charge in [-0.1, -0.05) is 23.7 Å². The second kappa shape index (κ2) is 4.68. The Bertz CT molecular complexity index is 558. The lowest BCUT2D eigenvalue weighted by atomic mass is 10.0. The van der Waals surface area contributed by atoms with Crippen LogP contribution in [-0.2, 0) is 0 Å². The Hall–Kier alpha value is -1.67. The molecule has 0 aliphatic heterocycles. The second-order valence-corrected chi connectivity index (χ2v) is 4.29. The van der Waals surface area contributed by atoms with E-state index >= 15 is 0 Å². The minimum atomic E-state index is -0.422. The lowest BCUT2D eigenvalue weighted by Gasteiger charge is -2.03. The number of benzene rings is 2. The van der Waals surface area contributed by atoms with E-state index in [1.165, 1.54) is 18.2 Å². The van der Waals surface area contributed by atoms with Gasteiger partial charge in [-0.05, 0) is 42.8 Å². The molecule has 3 heteroatoms. The Morgan fingerprint density at radius 3 is 2.53 bits per heavy atom. The van der Waals surface area contributed by atoms with Gasteiger partial charge in [0, 0.05) is 16.1 Å². The van der Waals surface area contributed by atoms with Crippen LogP contribution in [0.3, 0.4) is 0 Å². The SMILES string of the molecule is Cc1cc(Cl)cc(C(=O)c2cccc(F)c2)c1. The number of carbonyl (C=O) groups is 1. The first-order valence-corrected chi connectivity index (χ1v) is 5.51. The van der Waals surface area contributed by atoms with Crippen LogP contribution < -0.4 is 0 Å². The standard InChI is InChI=1S/C14H10ClFO/c1-9-5-11(7-12(15)6-9)14(17)10-3-2-4-13(16)8-10/h2-8H,1H3. The molecule has 0 aliphatic carbocycles. The fourth-order valence-electron chi connectivity index (χ4n) is 1.66. The number of hydrogen-bond acceptors (Lipinski definition) is 1. The Labute approximate surface area is 104 Å². The van der Waals surface area contributed by atoms with Gasteiger partial charge in [0.15, 0.2) is 5.78 Å². The van der Waals surface area contributed by atoms with Crippen LogP contribution >= 0.6 is 11.6 Å². The molecular weight excluding hydrogens is 239 g/mol. The van der Waals surface area contributed by atoms with Crippen molar-refractivity contribution >= 4 is 17.4 Å². The summed E-state index contributed by atoms with van der Waals surface area (Å²) in [7, 11) is 0. The second-order valence-electron chi connectivity index (χ2n) is 3.86. The van der Waals surface area contributed by atoms with Crippen molar-refractivity contribution in [2.45, 2.75) is 6.92 Å². The largest absolute Gasteiger partial charge is 0.289 e. The van der Waals surface area contributed by atoms with Gasteiger partial charge >= 0.3 is 0 Å². The maximum absolute atomic E-state index is 13.0. The predicted octanol–water partition coefficient (Wildman–Crippen LogP) is 4.02. The van der Waals surface area contributed by atoms with E-state index in [1.54, 1.807) is 24.3 Å². The van der Waals surface area contributed by atoms with E-state index in [0.29, 0.717) is 16.1 Å². The molecule has 0 saturated carbocycles. The number of ketones is 1. The Morgan fingerprint density at radius 2 is 1.88 bits per heavy atom. The number of hydrogen-bond donors (Lipinski definition) is 0. The normalized spacial score (nSPS) is 10.3. The van der Waals surface area contributed by atoms with Crippen molar-refractivity contribution < 1.29 is 9.18 Å². The third-order valence-corrected chi connectivity index (χ3v) is 2.61. The quantitative estimate of drug-likeness (QED) is 0.734. The summed E-state index contributed by atoms with van der Waals surface area (Å²) in [5.74, 6) is -0.648. The van der Waals surface area contributed by atoms with Gasteiger partial charge in [0.1, 0.15) is 5.82 Å². The molecule has 0 saturated heterocycles. The molecule has 86 valence electrons. The molecule has 17 heavy (non-hydrogen) atoms. The molecule has 2 aromatic rings. The lowest BCUT2D eigenvalue weighted by Crippen LogP contribution is -2.02. The molecule has 0 aromatic heterocycles. The zero-order chi connectivity index (χ0) is 12.4. The first-order chi connectivity index (χ1) is 8.06. The number of halogens is 2. The molecule has 0 unspecified atom stereocenters. The topological polar surface area (TPSA) is 17.1 Å². The molecule has 0 N–H and O–H groups in total. The molecule has 0 fully saturated rings. The van der Waals surface area contributed by atoms with Crippen LogP contribution in [-0.4, -0.2) is 5.78 Å². The average Bonchev–Trinajstić information content (AvgIpc) is 2.26. The van der Waals surface area contributed by atoms with Gasteiger partial charge in [-0.25, -0.2) is 4.39 Å². The Balaban J connectivity index is 2.43. The van der Waals surface area contributed by atoms with Crippen molar-refractivity contribution in [1.82, 2.24) is 0 Å². The summed E-state index contributed by atoms with van der Waals surface area (Å²) >= 11 is 5.89. The van der Waals surface area contributed by atoms with Gasteiger partial charge in [0.05, 0.1) is 0 Å². The van der Waals surface area contributed by atoms with Crippen molar-refractivity contribution in [2.24, 2.45) is 0 Å². The smallest absolute Gasteiger partial charge is 0.193 e. The minimum absolute atomic E-state index is 0.227. The predicted molar refractivity (Wildman–Crippen MR) is 66.0 cm³/mol. The summed E-state index contributed by atoms with van der Waals surface area (Å²) < 4.78 is 13.0. The number of carbonyl (C=O) groups excluding carboxylic acids is 1. The Morgan fingerprint density at radius 1 is 1.12 bits per heavy atom. The van der Waals surface area contributed by atoms with E-state index in [-0.39, 0.29) is 5.78 Å². The third kappa shape index (κ3) is 2.71. The maximum atomic E-state index is 13.0. The van der Waals surface area contributed by atoms with E-state index in [2.05, 4.69) is 0 Å². The highest BCUT2D eigenvalue weighted by molar-refractivity contribution is 6.31. The monoisotopic (exact) mass is 248 g/mol. The zero-order valence-electron chi connectivity index (χ0n) is 9.21. The minimum Gasteiger partial charge on any atom is -0.289 e. The molecule has 2 aromatic carbocycles. The van der Waals surface area contributed by atoms with Gasteiger partial charge in [-0.2, -0.15) is 0 Å². The average molecular weight is 249 g/mol. The summed E-state index contributed by atoms with van der Waals surface area (Å²) in [4.78, 5) is 12.1. The lowest BCUT2D eigenvalue weighted by molar-refractivity contribution is 0.103. The van der Waals surface area contributed by atoms with E-state index < -0.39 is 5.82 Å². The van der Waals surface area contributed by atoms with E-state index in [9.17, 15) is 9.18 Å². The van der Waals surface area contributed by atoms with Crippen molar-refractivity contribution in [3.8, 4) is 0 Å². The first kappa shape index (κ1) is 11.8. The molecular formula is C14H10ClFO. The number of aryl methyl sites for hydroxylation is 1. The molecule has 0 aliphatic rings. The van der Waals surface area contributed by atoms with Crippen LogP contribution in [0.15, 0.2) is 42.5 Å². The van der Waals surface area contributed by atoms with Crippen LogP contribution in [0.5, 0.6) is 0 Å². The summed E-state index contributed by atoms with van der Waals surface area (Å²) in [6.07, 6.45) is 0. The number of rotatable bonds is 2. The van der Waals surface area contributed by atoms with Crippen LogP contribution in [0, 0.1) is 12.7 Å². The van der Waals surface area contributed by atoms with Gasteiger partial charge in [0.2, 0.25) is 0 Å². The molecule has 0 atom stereocenters. The molecule has 1 nitrogen and oxygen atoms in total. The van der Waals surface area contributed by atoms with Crippen LogP contribution in [0.25, 0.3) is 0 Å². The van der Waals surface area contributed by atoms with E-state index in [0.717, 1.165) is 5.56 Å². The van der Waals surface area contributed by atoms with Crippen LogP contribution in [0.1, 0.15) is 21.5 Å². The van der Waals surface area contributed by atoms with Crippen LogP contribution in [0.4, 0.5) is 4.39 Å². The maximum Gasteiger partial charge on any atom is 0.193 e. The van der Waals surface area contributed by atoms with E-state index in [1.807, 2.05) is 6.92 Å². The molecule has 0 amide bonds. The van der Waals surface area contributed by atoms with Gasteiger partial charge in [-0.15, -0.1) is 0 Å². The molecule has 0 radical (unpaired) electrons. The molecule has 0 spiro atoms. The molecule has 2 rings (SSSR count). The summed E-state index contributed by atoms with van der Waals surface area (Å²) in [6.45, 7) is 1.86. The highest BCUT2D eigenvalue weighted by atomic mass is 35.5. The van der Waals surface area contributed by atoms with Gasteiger partial charge in [-0.3, -0.25) is 4.79 Å². The van der Waals surface area contributed by atoms with Crippen molar-refractivity contribution in [2.75, 3.05) is 0 Å². The highest BCUT2D eigenvalue weighted by Crippen LogP contribution is 2.18. The summed E-state index contributed by atoms with van der Waals surface area (Å²) in [6, 6.07) is 10.7. The highest BCUT2D eigenvalue weighted by Gasteiger charge is 2.10. The fourth-order valence-corrected chi connectivity index (χ4v) is 1.95. The summed E-state index contributed by atoms with van der Waals surface area (Å²) in [5.41, 5.74) is 1.70. The summed E-state index contributed by atoms with van der Waals surface area (Å²) in [5, 5.41) is 0.504. The van der Waals surface area contributed by atoms with Gasteiger partial charge in [0.25, 0.3) is 0 Å². The van der Waals surface area contributed by atoms with Crippen molar-refractivity contribution in [3.63, 3.8) is 0 Å².